The molecule has 4 aliphatic rings. The van der Waals surface area contributed by atoms with Crippen LogP contribution in [0.2, 0.25) is 0 Å². The van der Waals surface area contributed by atoms with Crippen molar-refractivity contribution in [1.29, 1.82) is 0 Å². The maximum Gasteiger partial charge on any atom is 0.254 e. The molecule has 2 bridgehead atoms. The average Bonchev–Trinajstić information content (AvgIpc) is 3.09. The Hall–Kier alpha value is -3.45. The largest absolute Gasteiger partial charge is 0.503 e. The number of carbonyl (C=O) groups excluding carboxylic acids is 2. The maximum atomic E-state index is 13.5. The first kappa shape index (κ1) is 20.2. The molecule has 1 saturated heterocycles. The van der Waals surface area contributed by atoms with Crippen molar-refractivity contribution in [2.75, 3.05) is 7.11 Å². The first-order valence-corrected chi connectivity index (χ1v) is 11.5. The maximum absolute atomic E-state index is 13.5. The molecule has 2 amide bonds. The van der Waals surface area contributed by atoms with Crippen molar-refractivity contribution in [1.82, 2.24) is 5.01 Å². The number of hydrazone groups is 1. The SMILES string of the molecule is COc1cc(/C=N\N2C(=O)[C@@H]3C4c5ccccc5C(c5ccccc54)[C@H]3C2=O)cc(Br)c1O. The van der Waals surface area contributed by atoms with Gasteiger partial charge in [0.2, 0.25) is 0 Å². The zero-order valence-electron chi connectivity index (χ0n) is 17.6. The average molecular weight is 503 g/mol. The number of halogens is 1. The van der Waals surface area contributed by atoms with Crippen molar-refractivity contribution in [3.63, 3.8) is 0 Å². The van der Waals surface area contributed by atoms with Crippen LogP contribution in [0.15, 0.2) is 70.2 Å². The minimum absolute atomic E-state index is 0.0268. The lowest BCUT2D eigenvalue weighted by Gasteiger charge is -2.45. The van der Waals surface area contributed by atoms with Gasteiger partial charge in [-0.25, -0.2) is 0 Å². The Morgan fingerprint density at radius 3 is 1.85 bits per heavy atom. The van der Waals surface area contributed by atoms with E-state index in [1.165, 1.54) is 13.3 Å². The van der Waals surface area contributed by atoms with E-state index in [1.54, 1.807) is 12.1 Å². The highest BCUT2D eigenvalue weighted by molar-refractivity contribution is 9.10. The van der Waals surface area contributed by atoms with Crippen molar-refractivity contribution in [3.8, 4) is 11.5 Å². The lowest BCUT2D eigenvalue weighted by atomic mass is 9.55. The van der Waals surface area contributed by atoms with Crippen molar-refractivity contribution in [2.45, 2.75) is 11.8 Å². The summed E-state index contributed by atoms with van der Waals surface area (Å²) in [4.78, 5) is 27.1. The minimum atomic E-state index is -0.467. The van der Waals surface area contributed by atoms with Crippen LogP contribution in [0.25, 0.3) is 0 Å². The van der Waals surface area contributed by atoms with Crippen LogP contribution in [0.3, 0.4) is 0 Å². The molecule has 3 aromatic rings. The van der Waals surface area contributed by atoms with Gasteiger partial charge in [0.1, 0.15) is 0 Å². The number of phenols is 1. The van der Waals surface area contributed by atoms with Crippen molar-refractivity contribution in [2.24, 2.45) is 16.9 Å². The van der Waals surface area contributed by atoms with Crippen molar-refractivity contribution < 1.29 is 19.4 Å². The summed E-state index contributed by atoms with van der Waals surface area (Å²) >= 11 is 3.28. The van der Waals surface area contributed by atoms with E-state index in [-0.39, 0.29) is 35.1 Å². The fourth-order valence-electron chi connectivity index (χ4n) is 5.72. The summed E-state index contributed by atoms with van der Waals surface area (Å²) in [6.45, 7) is 0. The molecule has 3 aromatic carbocycles. The number of rotatable bonds is 3. The van der Waals surface area contributed by atoms with E-state index in [9.17, 15) is 14.7 Å². The molecule has 3 aliphatic carbocycles. The smallest absolute Gasteiger partial charge is 0.254 e. The van der Waals surface area contributed by atoms with E-state index in [0.29, 0.717) is 10.0 Å². The Kier molecular flexibility index (Phi) is 4.45. The number of phenolic OH excluding ortho intramolecular Hbond substituents is 1. The van der Waals surface area contributed by atoms with Crippen LogP contribution in [0, 0.1) is 11.8 Å². The van der Waals surface area contributed by atoms with Gasteiger partial charge in [0.05, 0.1) is 29.6 Å². The number of hydrogen-bond acceptors (Lipinski definition) is 5. The lowest BCUT2D eigenvalue weighted by Crippen LogP contribution is -2.41. The third-order valence-corrected chi connectivity index (χ3v) is 7.62. The van der Waals surface area contributed by atoms with Crippen LogP contribution >= 0.6 is 15.9 Å². The Morgan fingerprint density at radius 2 is 1.39 bits per heavy atom. The molecule has 1 N–H and O–H groups in total. The highest BCUT2D eigenvalue weighted by atomic mass is 79.9. The second-order valence-electron chi connectivity index (χ2n) is 8.55. The fraction of sp³-hybridized carbons (Fsp3) is 0.192. The van der Waals surface area contributed by atoms with Crippen molar-refractivity contribution >= 4 is 34.0 Å². The van der Waals surface area contributed by atoms with Crippen LogP contribution in [0.4, 0.5) is 0 Å². The molecule has 0 unspecified atom stereocenters. The second-order valence-corrected chi connectivity index (χ2v) is 9.41. The first-order chi connectivity index (χ1) is 16.0. The first-order valence-electron chi connectivity index (χ1n) is 10.7. The van der Waals surface area contributed by atoms with Gasteiger partial charge in [0, 0.05) is 11.8 Å². The van der Waals surface area contributed by atoms with E-state index in [2.05, 4.69) is 45.3 Å². The molecule has 2 atom stereocenters. The molecule has 7 rings (SSSR count). The molecule has 7 heteroatoms. The van der Waals surface area contributed by atoms with Gasteiger partial charge in [-0.05, 0) is 55.9 Å². The summed E-state index contributed by atoms with van der Waals surface area (Å²) in [7, 11) is 1.45. The zero-order chi connectivity index (χ0) is 22.9. The molecule has 164 valence electrons. The number of amides is 2. The number of aromatic hydroxyl groups is 1. The Labute approximate surface area is 198 Å². The summed E-state index contributed by atoms with van der Waals surface area (Å²) in [5.74, 6) is -1.56. The highest BCUT2D eigenvalue weighted by Gasteiger charge is 2.61. The molecule has 1 heterocycles. The van der Waals surface area contributed by atoms with Crippen LogP contribution in [0.5, 0.6) is 11.5 Å². The molecular formula is C26H19BrN2O4. The Morgan fingerprint density at radius 1 is 0.909 bits per heavy atom. The Bertz CT molecular complexity index is 1250. The second kappa shape index (κ2) is 7.28. The van der Waals surface area contributed by atoms with Gasteiger partial charge in [-0.3, -0.25) is 9.59 Å². The standard InChI is InChI=1S/C26H19BrN2O4/c1-33-19-11-13(10-18(27)24(19)30)12-28-29-25(31)22-20-14-6-2-3-7-15(14)21(23(22)26(29)32)17-9-5-4-8-16(17)20/h2-12,20-23,30H,1H3/b28-12-/t20?,21?,22-,23-/m1/s1. The molecule has 1 fully saturated rings. The molecule has 0 saturated carbocycles. The van der Waals surface area contributed by atoms with Crippen LogP contribution in [0.1, 0.15) is 39.7 Å². The Balaban J connectivity index is 1.42. The number of methoxy groups -OCH3 is 1. The molecule has 0 spiro atoms. The predicted molar refractivity (Wildman–Crippen MR) is 125 cm³/mol. The van der Waals surface area contributed by atoms with Gasteiger partial charge in [-0.2, -0.15) is 10.1 Å². The van der Waals surface area contributed by atoms with Gasteiger partial charge in [-0.15, -0.1) is 0 Å². The molecule has 33 heavy (non-hydrogen) atoms. The number of hydrogen-bond donors (Lipinski definition) is 1. The third kappa shape index (κ3) is 2.75. The normalized spacial score (nSPS) is 24.7. The van der Waals surface area contributed by atoms with Gasteiger partial charge in [0.25, 0.3) is 11.8 Å². The van der Waals surface area contributed by atoms with E-state index < -0.39 is 11.8 Å². The molecule has 0 aromatic heterocycles. The number of benzene rings is 3. The van der Waals surface area contributed by atoms with Crippen LogP contribution in [-0.2, 0) is 9.59 Å². The number of carbonyl (C=O) groups is 2. The van der Waals surface area contributed by atoms with Gasteiger partial charge in [0.15, 0.2) is 11.5 Å². The van der Waals surface area contributed by atoms with Crippen molar-refractivity contribution in [3.05, 3.63) is 93.0 Å². The summed E-state index contributed by atoms with van der Waals surface area (Å²) in [6, 6.07) is 19.5. The van der Waals surface area contributed by atoms with Gasteiger partial charge < -0.3 is 9.84 Å². The van der Waals surface area contributed by atoms with Gasteiger partial charge >= 0.3 is 0 Å². The zero-order valence-corrected chi connectivity index (χ0v) is 19.2. The predicted octanol–water partition coefficient (Wildman–Crippen LogP) is 4.39. The minimum Gasteiger partial charge on any atom is -0.503 e. The summed E-state index contributed by atoms with van der Waals surface area (Å²) in [6.07, 6.45) is 1.45. The quantitative estimate of drug-likeness (QED) is 0.425. The molecule has 6 nitrogen and oxygen atoms in total. The van der Waals surface area contributed by atoms with Crippen LogP contribution in [-0.4, -0.2) is 35.3 Å². The summed E-state index contributed by atoms with van der Waals surface area (Å²) < 4.78 is 5.61. The third-order valence-electron chi connectivity index (χ3n) is 7.02. The number of nitrogens with zero attached hydrogens (tertiary/aromatic N) is 2. The van der Waals surface area contributed by atoms with E-state index in [0.717, 1.165) is 27.3 Å². The van der Waals surface area contributed by atoms with E-state index in [4.69, 9.17) is 4.74 Å². The monoisotopic (exact) mass is 502 g/mol. The van der Waals surface area contributed by atoms with E-state index >= 15 is 0 Å². The number of ether oxygens (including phenoxy) is 1. The molecule has 0 radical (unpaired) electrons. The van der Waals surface area contributed by atoms with Gasteiger partial charge in [-0.1, -0.05) is 48.5 Å². The van der Waals surface area contributed by atoms with Crippen LogP contribution < -0.4 is 4.74 Å². The summed E-state index contributed by atoms with van der Waals surface area (Å²) in [5.41, 5.74) is 5.09. The lowest BCUT2D eigenvalue weighted by molar-refractivity contribution is -0.139. The topological polar surface area (TPSA) is 79.2 Å². The molecule has 1 aliphatic heterocycles. The van der Waals surface area contributed by atoms with E-state index in [1.807, 2.05) is 24.3 Å². The summed E-state index contributed by atoms with van der Waals surface area (Å²) in [5, 5.41) is 15.4. The highest BCUT2D eigenvalue weighted by Crippen LogP contribution is 2.60. The number of imide groups is 1. The molecular weight excluding hydrogens is 484 g/mol. The fourth-order valence-corrected chi connectivity index (χ4v) is 6.18.